The Morgan fingerprint density at radius 1 is 1.20 bits per heavy atom. The molecular formula is C13H21NO. The van der Waals surface area contributed by atoms with E-state index in [1.165, 1.54) is 5.56 Å². The lowest BCUT2D eigenvalue weighted by Gasteiger charge is -2.26. The molecule has 0 fully saturated rings. The maximum Gasteiger partial charge on any atom is 0.115 e. The first-order valence-corrected chi connectivity index (χ1v) is 5.42. The molecule has 0 saturated heterocycles. The van der Waals surface area contributed by atoms with E-state index in [1.54, 1.807) is 12.1 Å². The van der Waals surface area contributed by atoms with Crippen molar-refractivity contribution in [1.82, 2.24) is 5.32 Å². The van der Waals surface area contributed by atoms with Crippen LogP contribution in [0.15, 0.2) is 24.3 Å². The third kappa shape index (κ3) is 4.84. The van der Waals surface area contributed by atoms with Crippen molar-refractivity contribution in [3.63, 3.8) is 0 Å². The van der Waals surface area contributed by atoms with Gasteiger partial charge >= 0.3 is 0 Å². The maximum absolute atomic E-state index is 9.16. The predicted molar refractivity (Wildman–Crippen MR) is 64.2 cm³/mol. The van der Waals surface area contributed by atoms with Gasteiger partial charge in [0.25, 0.3) is 0 Å². The summed E-state index contributed by atoms with van der Waals surface area (Å²) in [6, 6.07) is 7.85. The van der Waals surface area contributed by atoms with Crippen LogP contribution in [0.3, 0.4) is 0 Å². The topological polar surface area (TPSA) is 32.3 Å². The normalized spacial score (nSPS) is 13.9. The van der Waals surface area contributed by atoms with Crippen LogP contribution in [0.5, 0.6) is 5.75 Å². The minimum Gasteiger partial charge on any atom is -0.508 e. The Morgan fingerprint density at radius 3 is 2.20 bits per heavy atom. The fourth-order valence-electron chi connectivity index (χ4n) is 1.78. The smallest absolute Gasteiger partial charge is 0.115 e. The molecule has 2 N–H and O–H groups in total. The van der Waals surface area contributed by atoms with E-state index in [9.17, 15) is 0 Å². The summed E-state index contributed by atoms with van der Waals surface area (Å²) in [6.07, 6.45) is 0.984. The van der Waals surface area contributed by atoms with E-state index >= 15 is 0 Å². The molecule has 1 aromatic carbocycles. The maximum atomic E-state index is 9.16. The van der Waals surface area contributed by atoms with Crippen LogP contribution in [0.25, 0.3) is 0 Å². The second-order valence-corrected chi connectivity index (χ2v) is 5.17. The molecule has 0 aliphatic rings. The molecule has 0 radical (unpaired) electrons. The van der Waals surface area contributed by atoms with Crippen molar-refractivity contribution in [3.8, 4) is 5.75 Å². The number of rotatable bonds is 3. The summed E-state index contributed by atoms with van der Waals surface area (Å²) in [5, 5.41) is 12.7. The van der Waals surface area contributed by atoms with Gasteiger partial charge in [-0.05, 0) is 51.8 Å². The molecule has 0 heterocycles. The van der Waals surface area contributed by atoms with E-state index < -0.39 is 0 Å². The van der Waals surface area contributed by atoms with Crippen LogP contribution in [0.1, 0.15) is 33.3 Å². The first-order chi connectivity index (χ1) is 6.87. The lowest BCUT2D eigenvalue weighted by atomic mass is 10.0. The van der Waals surface area contributed by atoms with E-state index in [1.807, 2.05) is 12.1 Å². The highest BCUT2D eigenvalue weighted by molar-refractivity contribution is 5.26. The Kier molecular flexibility index (Phi) is 3.75. The lowest BCUT2D eigenvalue weighted by molar-refractivity contribution is 0.371. The molecule has 2 heteroatoms. The molecule has 0 spiro atoms. The first kappa shape index (κ1) is 12.1. The molecule has 0 aliphatic carbocycles. The van der Waals surface area contributed by atoms with Crippen molar-refractivity contribution in [2.75, 3.05) is 0 Å². The summed E-state index contributed by atoms with van der Waals surface area (Å²) in [4.78, 5) is 0. The van der Waals surface area contributed by atoms with Crippen molar-refractivity contribution >= 4 is 0 Å². The zero-order valence-electron chi connectivity index (χ0n) is 10.0. The second-order valence-electron chi connectivity index (χ2n) is 5.17. The summed E-state index contributed by atoms with van der Waals surface area (Å²) < 4.78 is 0. The first-order valence-electron chi connectivity index (χ1n) is 5.42. The molecule has 0 aromatic heterocycles. The molecule has 1 aromatic rings. The monoisotopic (exact) mass is 207 g/mol. The fraction of sp³-hybridized carbons (Fsp3) is 0.538. The van der Waals surface area contributed by atoms with Crippen molar-refractivity contribution in [2.45, 2.75) is 45.7 Å². The number of nitrogens with one attached hydrogen (secondary N) is 1. The predicted octanol–water partition coefficient (Wildman–Crippen LogP) is 2.71. The van der Waals surface area contributed by atoms with Crippen LogP contribution in [-0.2, 0) is 6.42 Å². The van der Waals surface area contributed by atoms with Crippen molar-refractivity contribution in [1.29, 1.82) is 0 Å². The van der Waals surface area contributed by atoms with Crippen LogP contribution in [0, 0.1) is 0 Å². The highest BCUT2D eigenvalue weighted by atomic mass is 16.3. The Bertz CT molecular complexity index is 297. The minimum absolute atomic E-state index is 0.149. The molecule has 2 nitrogen and oxygen atoms in total. The van der Waals surface area contributed by atoms with Gasteiger partial charge in [-0.3, -0.25) is 0 Å². The van der Waals surface area contributed by atoms with Gasteiger partial charge in [-0.1, -0.05) is 12.1 Å². The number of phenolic OH excluding ortho intramolecular Hbond substituents is 1. The number of hydrogen-bond donors (Lipinski definition) is 2. The Labute approximate surface area is 92.3 Å². The molecule has 15 heavy (non-hydrogen) atoms. The summed E-state index contributed by atoms with van der Waals surface area (Å²) in [5.74, 6) is 0.329. The highest BCUT2D eigenvalue weighted by Gasteiger charge is 2.13. The summed E-state index contributed by atoms with van der Waals surface area (Å²) in [6.45, 7) is 8.68. The molecule has 0 aliphatic heterocycles. The molecular weight excluding hydrogens is 186 g/mol. The van der Waals surface area contributed by atoms with E-state index in [4.69, 9.17) is 5.11 Å². The third-order valence-electron chi connectivity index (χ3n) is 2.16. The Hall–Kier alpha value is -1.02. The zero-order chi connectivity index (χ0) is 11.5. The number of hydrogen-bond acceptors (Lipinski definition) is 2. The SMILES string of the molecule is C[C@@H](Cc1ccc(O)cc1)NC(C)(C)C. The van der Waals surface area contributed by atoms with Crippen molar-refractivity contribution in [3.05, 3.63) is 29.8 Å². The lowest BCUT2D eigenvalue weighted by Crippen LogP contribution is -2.43. The average Bonchev–Trinajstić information content (AvgIpc) is 2.05. The standard InChI is InChI=1S/C13H21NO/c1-10(14-13(2,3)4)9-11-5-7-12(15)8-6-11/h5-8,10,14-15H,9H2,1-4H3/t10-/m0/s1. The van der Waals surface area contributed by atoms with Gasteiger partial charge < -0.3 is 10.4 Å². The van der Waals surface area contributed by atoms with E-state index in [-0.39, 0.29) is 5.54 Å². The van der Waals surface area contributed by atoms with Gasteiger partial charge in [0.1, 0.15) is 5.75 Å². The van der Waals surface area contributed by atoms with Crippen LogP contribution in [-0.4, -0.2) is 16.7 Å². The Balaban J connectivity index is 2.51. The van der Waals surface area contributed by atoms with Gasteiger partial charge in [0.05, 0.1) is 0 Å². The van der Waals surface area contributed by atoms with Gasteiger partial charge in [0, 0.05) is 11.6 Å². The van der Waals surface area contributed by atoms with Crippen molar-refractivity contribution < 1.29 is 5.11 Å². The van der Waals surface area contributed by atoms with Crippen LogP contribution < -0.4 is 5.32 Å². The fourth-order valence-corrected chi connectivity index (χ4v) is 1.78. The van der Waals surface area contributed by atoms with Crippen LogP contribution in [0.4, 0.5) is 0 Å². The zero-order valence-corrected chi connectivity index (χ0v) is 10.0. The van der Waals surface area contributed by atoms with Crippen molar-refractivity contribution in [2.24, 2.45) is 0 Å². The summed E-state index contributed by atoms with van der Waals surface area (Å²) in [5.41, 5.74) is 1.40. The second kappa shape index (κ2) is 4.67. The molecule has 1 rings (SSSR count). The number of benzene rings is 1. The Morgan fingerprint density at radius 2 is 1.73 bits per heavy atom. The van der Waals surface area contributed by atoms with Crippen LogP contribution >= 0.6 is 0 Å². The van der Waals surface area contributed by atoms with Gasteiger partial charge in [-0.25, -0.2) is 0 Å². The van der Waals surface area contributed by atoms with E-state index in [2.05, 4.69) is 33.0 Å². The van der Waals surface area contributed by atoms with Gasteiger partial charge in [0.2, 0.25) is 0 Å². The van der Waals surface area contributed by atoms with Crippen LogP contribution in [0.2, 0.25) is 0 Å². The van der Waals surface area contributed by atoms with E-state index in [0.717, 1.165) is 6.42 Å². The molecule has 0 bridgehead atoms. The van der Waals surface area contributed by atoms with Gasteiger partial charge in [0.15, 0.2) is 0 Å². The minimum atomic E-state index is 0.149. The molecule has 0 amide bonds. The average molecular weight is 207 g/mol. The molecule has 0 unspecified atom stereocenters. The highest BCUT2D eigenvalue weighted by Crippen LogP contribution is 2.12. The quantitative estimate of drug-likeness (QED) is 0.798. The van der Waals surface area contributed by atoms with E-state index in [0.29, 0.717) is 11.8 Å². The summed E-state index contributed by atoms with van der Waals surface area (Å²) >= 11 is 0. The van der Waals surface area contributed by atoms with Gasteiger partial charge in [-0.2, -0.15) is 0 Å². The number of aromatic hydroxyl groups is 1. The number of phenols is 1. The summed E-state index contributed by atoms with van der Waals surface area (Å²) in [7, 11) is 0. The molecule has 84 valence electrons. The molecule has 0 saturated carbocycles. The van der Waals surface area contributed by atoms with Gasteiger partial charge in [-0.15, -0.1) is 0 Å². The molecule has 1 atom stereocenters. The third-order valence-corrected chi connectivity index (χ3v) is 2.16. The largest absolute Gasteiger partial charge is 0.508 e.